The van der Waals surface area contributed by atoms with Gasteiger partial charge in [-0.25, -0.2) is 0 Å². The molecule has 0 aromatic heterocycles. The molecule has 0 spiro atoms. The summed E-state index contributed by atoms with van der Waals surface area (Å²) in [5.41, 5.74) is 1.64. The fraction of sp³-hybridized carbons (Fsp3) is 0.474. The van der Waals surface area contributed by atoms with Crippen molar-refractivity contribution in [1.82, 2.24) is 5.32 Å². The molecule has 5 nitrogen and oxygen atoms in total. The lowest BCUT2D eigenvalue weighted by atomic mass is 9.96. The van der Waals surface area contributed by atoms with Gasteiger partial charge in [0, 0.05) is 12.1 Å². The molecule has 0 heterocycles. The van der Waals surface area contributed by atoms with Crippen LogP contribution in [0.1, 0.15) is 62.4 Å². The Kier molecular flexibility index (Phi) is 5.65. The molecule has 0 fully saturated rings. The zero-order chi connectivity index (χ0) is 17.9. The van der Waals surface area contributed by atoms with E-state index in [0.29, 0.717) is 30.0 Å². The molecule has 130 valence electrons. The summed E-state index contributed by atoms with van der Waals surface area (Å²) >= 11 is 0. The van der Waals surface area contributed by atoms with Crippen molar-refractivity contribution >= 4 is 17.3 Å². The van der Waals surface area contributed by atoms with E-state index in [1.807, 2.05) is 6.92 Å². The monoisotopic (exact) mass is 331 g/mol. The molecular weight excluding hydrogens is 306 g/mol. The second-order valence-corrected chi connectivity index (χ2v) is 6.61. The Bertz CT molecular complexity index is 689. The number of hydrogen-bond acceptors (Lipinski definition) is 4. The van der Waals surface area contributed by atoms with Gasteiger partial charge in [0.2, 0.25) is 0 Å². The summed E-state index contributed by atoms with van der Waals surface area (Å²) in [7, 11) is 0. The first-order valence-electron chi connectivity index (χ1n) is 8.49. The van der Waals surface area contributed by atoms with Gasteiger partial charge in [-0.05, 0) is 48.4 Å². The SMILES string of the molecule is CCCCNC(=O)C1=C(CCC(C)C)c2cc(O)c(O)cc2C1=O. The van der Waals surface area contributed by atoms with Gasteiger partial charge in [0.15, 0.2) is 17.3 Å². The molecule has 0 saturated heterocycles. The Labute approximate surface area is 142 Å². The first-order valence-corrected chi connectivity index (χ1v) is 8.49. The second-order valence-electron chi connectivity index (χ2n) is 6.61. The van der Waals surface area contributed by atoms with Crippen LogP contribution >= 0.6 is 0 Å². The summed E-state index contributed by atoms with van der Waals surface area (Å²) in [6.45, 7) is 6.71. The fourth-order valence-electron chi connectivity index (χ4n) is 2.82. The number of Topliss-reactive ketones (excluding diaryl/α,β-unsaturated/α-hetero) is 1. The van der Waals surface area contributed by atoms with Crippen LogP contribution in [0.5, 0.6) is 11.5 Å². The number of amides is 1. The van der Waals surface area contributed by atoms with Crippen molar-refractivity contribution < 1.29 is 19.8 Å². The van der Waals surface area contributed by atoms with Crippen LogP contribution < -0.4 is 5.32 Å². The lowest BCUT2D eigenvalue weighted by Crippen LogP contribution is -2.28. The lowest BCUT2D eigenvalue weighted by Gasteiger charge is -2.10. The lowest BCUT2D eigenvalue weighted by molar-refractivity contribution is -0.117. The third-order valence-electron chi connectivity index (χ3n) is 4.23. The highest BCUT2D eigenvalue weighted by Crippen LogP contribution is 2.41. The molecule has 0 atom stereocenters. The van der Waals surface area contributed by atoms with Crippen LogP contribution in [0.15, 0.2) is 17.7 Å². The van der Waals surface area contributed by atoms with E-state index in [4.69, 9.17) is 0 Å². The third-order valence-corrected chi connectivity index (χ3v) is 4.23. The van der Waals surface area contributed by atoms with Gasteiger partial charge in [-0.2, -0.15) is 0 Å². The van der Waals surface area contributed by atoms with Gasteiger partial charge in [-0.3, -0.25) is 9.59 Å². The molecule has 1 aromatic rings. The third kappa shape index (κ3) is 3.61. The van der Waals surface area contributed by atoms with Crippen molar-refractivity contribution in [1.29, 1.82) is 0 Å². The summed E-state index contributed by atoms with van der Waals surface area (Å²) in [6, 6.07) is 2.62. The smallest absolute Gasteiger partial charge is 0.255 e. The Hall–Kier alpha value is -2.30. The Morgan fingerprint density at radius 2 is 1.79 bits per heavy atom. The number of allylic oxidation sites excluding steroid dienone is 1. The molecular formula is C19H25NO4. The van der Waals surface area contributed by atoms with Crippen molar-refractivity contribution in [2.45, 2.75) is 46.5 Å². The molecule has 1 amide bonds. The maximum atomic E-state index is 12.7. The van der Waals surface area contributed by atoms with Crippen molar-refractivity contribution in [2.24, 2.45) is 5.92 Å². The molecule has 0 saturated carbocycles. The summed E-state index contributed by atoms with van der Waals surface area (Å²) in [5, 5.41) is 22.3. The number of phenolic OH excluding ortho intramolecular Hbond substituents is 2. The number of hydrogen-bond donors (Lipinski definition) is 3. The second kappa shape index (κ2) is 7.51. The van der Waals surface area contributed by atoms with Crippen molar-refractivity contribution in [3.05, 3.63) is 28.8 Å². The minimum Gasteiger partial charge on any atom is -0.504 e. The van der Waals surface area contributed by atoms with E-state index < -0.39 is 0 Å². The Balaban J connectivity index is 2.41. The van der Waals surface area contributed by atoms with Crippen LogP contribution in [0.25, 0.3) is 5.57 Å². The number of nitrogens with one attached hydrogen (secondary N) is 1. The van der Waals surface area contributed by atoms with Gasteiger partial charge < -0.3 is 15.5 Å². The minimum atomic E-state index is -0.381. The van der Waals surface area contributed by atoms with Crippen LogP contribution in [0.2, 0.25) is 0 Å². The minimum absolute atomic E-state index is 0.145. The molecule has 0 unspecified atom stereocenters. The number of phenols is 2. The number of unbranched alkanes of at least 4 members (excludes halogenated alkanes) is 1. The maximum Gasteiger partial charge on any atom is 0.255 e. The van der Waals surface area contributed by atoms with Gasteiger partial charge in [0.05, 0.1) is 5.57 Å². The molecule has 1 aromatic carbocycles. The van der Waals surface area contributed by atoms with E-state index in [1.54, 1.807) is 0 Å². The predicted octanol–water partition coefficient (Wildman–Crippen LogP) is 3.40. The average Bonchev–Trinajstić information content (AvgIpc) is 2.78. The number of carbonyl (C=O) groups is 2. The highest BCUT2D eigenvalue weighted by Gasteiger charge is 2.34. The molecule has 0 bridgehead atoms. The normalized spacial score (nSPS) is 13.6. The molecule has 2 rings (SSSR count). The van der Waals surface area contributed by atoms with Gasteiger partial charge in [0.25, 0.3) is 5.91 Å². The van der Waals surface area contributed by atoms with Gasteiger partial charge in [-0.1, -0.05) is 27.2 Å². The Morgan fingerprint density at radius 1 is 1.17 bits per heavy atom. The zero-order valence-corrected chi connectivity index (χ0v) is 14.5. The number of aromatic hydroxyl groups is 2. The largest absolute Gasteiger partial charge is 0.504 e. The molecule has 1 aliphatic carbocycles. The molecule has 24 heavy (non-hydrogen) atoms. The first-order chi connectivity index (χ1) is 11.4. The molecule has 0 aliphatic heterocycles. The van der Waals surface area contributed by atoms with E-state index in [0.717, 1.165) is 19.3 Å². The zero-order valence-electron chi connectivity index (χ0n) is 14.5. The Morgan fingerprint density at radius 3 is 2.38 bits per heavy atom. The van der Waals surface area contributed by atoms with Gasteiger partial charge in [-0.15, -0.1) is 0 Å². The van der Waals surface area contributed by atoms with Gasteiger partial charge in [0.1, 0.15) is 0 Å². The standard InChI is InChI=1S/C19H25NO4/c1-4-5-8-20-19(24)17-12(7-6-11(2)3)13-9-15(21)16(22)10-14(13)18(17)23/h9-11,21-22H,4-8H2,1-3H3,(H,20,24). The van der Waals surface area contributed by atoms with E-state index in [2.05, 4.69) is 19.2 Å². The van der Waals surface area contributed by atoms with E-state index >= 15 is 0 Å². The molecule has 1 aliphatic rings. The highest BCUT2D eigenvalue weighted by molar-refractivity contribution is 6.34. The topological polar surface area (TPSA) is 86.6 Å². The van der Waals surface area contributed by atoms with Crippen LogP contribution in [0.4, 0.5) is 0 Å². The predicted molar refractivity (Wildman–Crippen MR) is 93.0 cm³/mol. The van der Waals surface area contributed by atoms with E-state index in [9.17, 15) is 19.8 Å². The van der Waals surface area contributed by atoms with Crippen molar-refractivity contribution in [3.8, 4) is 11.5 Å². The number of carbonyl (C=O) groups excluding carboxylic acids is 2. The number of fused-ring (bicyclic) bond motifs is 1. The summed E-state index contributed by atoms with van der Waals surface area (Å²) in [4.78, 5) is 25.2. The average molecular weight is 331 g/mol. The number of benzene rings is 1. The summed E-state index contributed by atoms with van der Waals surface area (Å²) < 4.78 is 0. The molecule has 0 radical (unpaired) electrons. The quantitative estimate of drug-likeness (QED) is 0.406. The maximum absolute atomic E-state index is 12.7. The highest BCUT2D eigenvalue weighted by atomic mass is 16.3. The fourth-order valence-corrected chi connectivity index (χ4v) is 2.82. The number of ketones is 1. The summed E-state index contributed by atoms with van der Waals surface area (Å²) in [6.07, 6.45) is 3.21. The van der Waals surface area contributed by atoms with Gasteiger partial charge >= 0.3 is 0 Å². The first kappa shape index (κ1) is 18.0. The van der Waals surface area contributed by atoms with Crippen molar-refractivity contribution in [3.63, 3.8) is 0 Å². The summed E-state index contributed by atoms with van der Waals surface area (Å²) in [5.74, 6) is -0.962. The van der Waals surface area contributed by atoms with Crippen LogP contribution in [-0.2, 0) is 4.79 Å². The van der Waals surface area contributed by atoms with Crippen LogP contribution in [0.3, 0.4) is 0 Å². The van der Waals surface area contributed by atoms with Crippen LogP contribution in [0, 0.1) is 5.92 Å². The van der Waals surface area contributed by atoms with Crippen LogP contribution in [-0.4, -0.2) is 28.4 Å². The van der Waals surface area contributed by atoms with E-state index in [1.165, 1.54) is 12.1 Å². The molecule has 5 heteroatoms. The van der Waals surface area contributed by atoms with E-state index in [-0.39, 0.29) is 34.3 Å². The number of rotatable bonds is 7. The van der Waals surface area contributed by atoms with Crippen molar-refractivity contribution in [2.75, 3.05) is 6.54 Å². The molecule has 3 N–H and O–H groups in total.